The van der Waals surface area contributed by atoms with E-state index in [0.29, 0.717) is 11.5 Å². The molecule has 0 bridgehead atoms. The van der Waals surface area contributed by atoms with Gasteiger partial charge < -0.3 is 10.6 Å². The van der Waals surface area contributed by atoms with Crippen molar-refractivity contribution in [3.05, 3.63) is 83.8 Å². The molecule has 1 unspecified atom stereocenters. The Hall–Kier alpha value is -3.21. The Morgan fingerprint density at radius 2 is 1.77 bits per heavy atom. The summed E-state index contributed by atoms with van der Waals surface area (Å²) in [6, 6.07) is 19.6. The van der Waals surface area contributed by atoms with Gasteiger partial charge >= 0.3 is 0 Å². The number of amides is 1. The maximum absolute atomic E-state index is 12.4. The van der Waals surface area contributed by atoms with Crippen molar-refractivity contribution in [3.63, 3.8) is 0 Å². The van der Waals surface area contributed by atoms with Crippen LogP contribution in [0.1, 0.15) is 41.5 Å². The molecule has 5 nitrogen and oxygen atoms in total. The minimum absolute atomic E-state index is 0.0728. The summed E-state index contributed by atoms with van der Waals surface area (Å²) in [5.41, 5.74) is 3.44. The molecule has 3 rings (SSSR count). The maximum atomic E-state index is 12.4. The molecule has 3 aromatic rings. The first-order valence-electron chi connectivity index (χ1n) is 8.69. The zero-order valence-corrected chi connectivity index (χ0v) is 14.9. The molecule has 1 amide bonds. The lowest BCUT2D eigenvalue weighted by molar-refractivity contribution is 0.102. The second-order valence-electron chi connectivity index (χ2n) is 6.07. The zero-order chi connectivity index (χ0) is 18.4. The Bertz CT molecular complexity index is 863. The van der Waals surface area contributed by atoms with Crippen LogP contribution in [0.3, 0.4) is 0 Å². The molecule has 0 saturated heterocycles. The largest absolute Gasteiger partial charge is 0.363 e. The van der Waals surface area contributed by atoms with E-state index in [4.69, 9.17) is 0 Å². The number of nitrogens with one attached hydrogen (secondary N) is 2. The first-order chi connectivity index (χ1) is 12.7. The Balaban J connectivity index is 1.68. The summed E-state index contributed by atoms with van der Waals surface area (Å²) in [5.74, 6) is 0.356. The second kappa shape index (κ2) is 8.25. The van der Waals surface area contributed by atoms with Gasteiger partial charge in [0, 0.05) is 17.8 Å². The smallest absolute Gasteiger partial charge is 0.274 e. The summed E-state index contributed by atoms with van der Waals surface area (Å²) in [6.07, 6.45) is 2.36. The molecule has 2 aromatic carbocycles. The third-order valence-electron chi connectivity index (χ3n) is 4.18. The topological polar surface area (TPSA) is 66.9 Å². The van der Waals surface area contributed by atoms with Crippen molar-refractivity contribution in [2.75, 3.05) is 10.6 Å². The van der Waals surface area contributed by atoms with Gasteiger partial charge in [0.25, 0.3) is 5.91 Å². The van der Waals surface area contributed by atoms with Gasteiger partial charge in [-0.15, -0.1) is 0 Å². The number of carbonyl (C=O) groups excluding carboxylic acids is 1. The van der Waals surface area contributed by atoms with E-state index in [1.165, 1.54) is 11.9 Å². The highest BCUT2D eigenvalue weighted by Gasteiger charge is 2.11. The normalized spacial score (nSPS) is 11.6. The summed E-state index contributed by atoms with van der Waals surface area (Å²) in [4.78, 5) is 20.7. The van der Waals surface area contributed by atoms with Crippen LogP contribution in [0.4, 0.5) is 11.5 Å². The molecule has 1 aromatic heterocycles. The van der Waals surface area contributed by atoms with Crippen LogP contribution < -0.4 is 10.6 Å². The SMILES string of the molecule is CCc1ccc(NC(=O)c2cc(NC(C)c3ccccc3)ncn2)cc1. The van der Waals surface area contributed by atoms with E-state index in [9.17, 15) is 4.79 Å². The molecule has 0 aliphatic rings. The second-order valence-corrected chi connectivity index (χ2v) is 6.07. The Kier molecular flexibility index (Phi) is 5.59. The number of rotatable bonds is 6. The minimum Gasteiger partial charge on any atom is -0.363 e. The molecular formula is C21H22N4O. The van der Waals surface area contributed by atoms with Crippen molar-refractivity contribution in [1.29, 1.82) is 0 Å². The fourth-order valence-corrected chi connectivity index (χ4v) is 2.63. The fourth-order valence-electron chi connectivity index (χ4n) is 2.63. The zero-order valence-electron chi connectivity index (χ0n) is 14.9. The van der Waals surface area contributed by atoms with Crippen LogP contribution in [0.5, 0.6) is 0 Å². The average Bonchev–Trinajstić information content (AvgIpc) is 2.69. The van der Waals surface area contributed by atoms with Crippen LogP contribution in [0.25, 0.3) is 0 Å². The number of hydrogen-bond donors (Lipinski definition) is 2. The van der Waals surface area contributed by atoms with Crippen LogP contribution in [-0.4, -0.2) is 15.9 Å². The molecule has 1 heterocycles. The van der Waals surface area contributed by atoms with Gasteiger partial charge in [-0.3, -0.25) is 4.79 Å². The van der Waals surface area contributed by atoms with Gasteiger partial charge in [-0.25, -0.2) is 9.97 Å². The molecule has 0 aliphatic carbocycles. The number of aryl methyl sites for hydroxylation is 1. The van der Waals surface area contributed by atoms with Gasteiger partial charge in [0.15, 0.2) is 0 Å². The summed E-state index contributed by atoms with van der Waals surface area (Å²) in [7, 11) is 0. The minimum atomic E-state index is -0.257. The van der Waals surface area contributed by atoms with Gasteiger partial charge in [0.1, 0.15) is 17.8 Å². The molecule has 1 atom stereocenters. The number of carbonyl (C=O) groups is 1. The van der Waals surface area contributed by atoms with E-state index < -0.39 is 0 Å². The third kappa shape index (κ3) is 4.45. The highest BCUT2D eigenvalue weighted by molar-refractivity contribution is 6.03. The van der Waals surface area contributed by atoms with E-state index >= 15 is 0 Å². The number of nitrogens with zero attached hydrogens (tertiary/aromatic N) is 2. The highest BCUT2D eigenvalue weighted by Crippen LogP contribution is 2.18. The highest BCUT2D eigenvalue weighted by atomic mass is 16.1. The molecular weight excluding hydrogens is 324 g/mol. The van der Waals surface area contributed by atoms with Crippen LogP contribution in [0, 0.1) is 0 Å². The predicted molar refractivity (Wildman–Crippen MR) is 104 cm³/mol. The molecule has 2 N–H and O–H groups in total. The molecule has 0 fully saturated rings. The van der Waals surface area contributed by atoms with E-state index in [-0.39, 0.29) is 11.9 Å². The van der Waals surface area contributed by atoms with Crippen molar-refractivity contribution in [2.24, 2.45) is 0 Å². The first-order valence-corrected chi connectivity index (χ1v) is 8.69. The molecule has 132 valence electrons. The molecule has 0 saturated carbocycles. The van der Waals surface area contributed by atoms with Crippen LogP contribution in [0.15, 0.2) is 67.0 Å². The average molecular weight is 346 g/mol. The monoisotopic (exact) mass is 346 g/mol. The Labute approximate surface area is 153 Å². The standard InChI is InChI=1S/C21H22N4O/c1-3-16-9-11-18(12-10-16)25-21(26)19-13-20(23-14-22-19)24-15(2)17-7-5-4-6-8-17/h4-15H,3H2,1-2H3,(H,25,26)(H,22,23,24). The summed E-state index contributed by atoms with van der Waals surface area (Å²) in [5, 5.41) is 6.17. The van der Waals surface area contributed by atoms with Crippen LogP contribution in [0.2, 0.25) is 0 Å². The van der Waals surface area contributed by atoms with Crippen LogP contribution in [-0.2, 0) is 6.42 Å². The molecule has 0 aliphatic heterocycles. The lowest BCUT2D eigenvalue weighted by Gasteiger charge is -2.15. The van der Waals surface area contributed by atoms with Gasteiger partial charge in [0.2, 0.25) is 0 Å². The van der Waals surface area contributed by atoms with E-state index in [1.54, 1.807) is 6.07 Å². The number of hydrogen-bond acceptors (Lipinski definition) is 4. The molecule has 5 heteroatoms. The van der Waals surface area contributed by atoms with Crippen molar-refractivity contribution in [3.8, 4) is 0 Å². The lowest BCUT2D eigenvalue weighted by atomic mass is 10.1. The molecule has 0 spiro atoms. The Morgan fingerprint density at radius 3 is 2.46 bits per heavy atom. The number of aromatic nitrogens is 2. The quantitative estimate of drug-likeness (QED) is 0.691. The van der Waals surface area contributed by atoms with Crippen molar-refractivity contribution in [1.82, 2.24) is 9.97 Å². The number of benzene rings is 2. The molecule has 26 heavy (non-hydrogen) atoms. The first kappa shape index (κ1) is 17.6. The predicted octanol–water partition coefficient (Wildman–Crippen LogP) is 4.46. The third-order valence-corrected chi connectivity index (χ3v) is 4.18. The molecule has 0 radical (unpaired) electrons. The van der Waals surface area contributed by atoms with Gasteiger partial charge in [0.05, 0.1) is 0 Å². The fraction of sp³-hybridized carbons (Fsp3) is 0.190. The number of anilines is 2. The van der Waals surface area contributed by atoms with Gasteiger partial charge in [-0.2, -0.15) is 0 Å². The van der Waals surface area contributed by atoms with Crippen molar-refractivity contribution in [2.45, 2.75) is 26.3 Å². The lowest BCUT2D eigenvalue weighted by Crippen LogP contribution is -2.15. The Morgan fingerprint density at radius 1 is 1.04 bits per heavy atom. The van der Waals surface area contributed by atoms with E-state index in [1.807, 2.05) is 61.5 Å². The summed E-state index contributed by atoms with van der Waals surface area (Å²) < 4.78 is 0. The van der Waals surface area contributed by atoms with Gasteiger partial charge in [-0.1, -0.05) is 49.4 Å². The van der Waals surface area contributed by atoms with Crippen molar-refractivity contribution >= 4 is 17.4 Å². The van der Waals surface area contributed by atoms with E-state index in [2.05, 4.69) is 27.5 Å². The summed E-state index contributed by atoms with van der Waals surface area (Å²) in [6.45, 7) is 4.14. The maximum Gasteiger partial charge on any atom is 0.274 e. The summed E-state index contributed by atoms with van der Waals surface area (Å²) >= 11 is 0. The van der Waals surface area contributed by atoms with Crippen LogP contribution >= 0.6 is 0 Å². The van der Waals surface area contributed by atoms with Crippen molar-refractivity contribution < 1.29 is 4.79 Å². The van der Waals surface area contributed by atoms with E-state index in [0.717, 1.165) is 17.7 Å². The van der Waals surface area contributed by atoms with Gasteiger partial charge in [-0.05, 0) is 36.6 Å².